The lowest BCUT2D eigenvalue weighted by Gasteiger charge is -2.14. The molecule has 1 N–H and O–H groups in total. The topological polar surface area (TPSA) is 98.8 Å². The van der Waals surface area contributed by atoms with Gasteiger partial charge in [0.15, 0.2) is 0 Å². The van der Waals surface area contributed by atoms with Gasteiger partial charge in [0.05, 0.1) is 31.0 Å². The number of nitrogens with one attached hydrogen (secondary N) is 1. The minimum atomic E-state index is -4.16. The molecule has 0 atom stereocenters. The van der Waals surface area contributed by atoms with Gasteiger partial charge in [-0.25, -0.2) is 18.0 Å². The molecule has 0 aliphatic carbocycles. The minimum absolute atomic E-state index is 0.00138. The first-order valence-electron chi connectivity index (χ1n) is 7.60. The van der Waals surface area contributed by atoms with Gasteiger partial charge < -0.3 is 9.47 Å². The molecule has 7 nitrogen and oxygen atoms in total. The van der Waals surface area contributed by atoms with Gasteiger partial charge in [-0.3, -0.25) is 4.72 Å². The van der Waals surface area contributed by atoms with Gasteiger partial charge in [0.25, 0.3) is 10.0 Å². The smallest absolute Gasteiger partial charge is 0.339 e. The number of hydrogen-bond donors (Lipinski definition) is 1. The number of sulfonamides is 1. The highest BCUT2D eigenvalue weighted by molar-refractivity contribution is 7.92. The Labute approximate surface area is 152 Å². The molecule has 2 rings (SSSR count). The van der Waals surface area contributed by atoms with E-state index in [0.29, 0.717) is 11.3 Å². The van der Waals surface area contributed by atoms with Crippen LogP contribution in [0.4, 0.5) is 5.69 Å². The zero-order valence-corrected chi connectivity index (χ0v) is 15.6. The highest BCUT2D eigenvalue weighted by Gasteiger charge is 2.25. The summed E-state index contributed by atoms with van der Waals surface area (Å²) in [5, 5.41) is 0. The third-order valence-corrected chi connectivity index (χ3v) is 5.14. The third kappa shape index (κ3) is 4.02. The maximum absolute atomic E-state index is 12.9. The Morgan fingerprint density at radius 3 is 2.19 bits per heavy atom. The predicted molar refractivity (Wildman–Crippen MR) is 95.8 cm³/mol. The molecule has 138 valence electrons. The fraction of sp³-hybridized carbons (Fsp3) is 0.222. The number of benzene rings is 2. The van der Waals surface area contributed by atoms with Gasteiger partial charge in [-0.1, -0.05) is 12.1 Å². The van der Waals surface area contributed by atoms with Gasteiger partial charge in [0.1, 0.15) is 4.90 Å². The van der Waals surface area contributed by atoms with Crippen molar-refractivity contribution in [3.63, 3.8) is 0 Å². The number of hydrogen-bond acceptors (Lipinski definition) is 6. The van der Waals surface area contributed by atoms with Gasteiger partial charge in [-0.15, -0.1) is 0 Å². The van der Waals surface area contributed by atoms with E-state index in [0.717, 1.165) is 18.7 Å². The van der Waals surface area contributed by atoms with E-state index >= 15 is 0 Å². The lowest BCUT2D eigenvalue weighted by molar-refractivity contribution is 0.0583. The van der Waals surface area contributed by atoms with E-state index < -0.39 is 22.0 Å². The maximum atomic E-state index is 12.9. The zero-order valence-electron chi connectivity index (χ0n) is 14.8. The Bertz CT molecular complexity index is 966. The predicted octanol–water partition coefficient (Wildman–Crippen LogP) is 2.68. The molecule has 0 amide bonds. The third-order valence-electron chi connectivity index (χ3n) is 3.73. The van der Waals surface area contributed by atoms with E-state index in [4.69, 9.17) is 0 Å². The van der Waals surface area contributed by atoms with Crippen LogP contribution >= 0.6 is 0 Å². The van der Waals surface area contributed by atoms with Crippen molar-refractivity contribution < 1.29 is 27.5 Å². The summed E-state index contributed by atoms with van der Waals surface area (Å²) in [6.07, 6.45) is 0. The molecule has 0 heterocycles. The number of carbonyl (C=O) groups is 2. The summed E-state index contributed by atoms with van der Waals surface area (Å²) >= 11 is 0. The molecule has 0 aliphatic rings. The maximum Gasteiger partial charge on any atom is 0.339 e. The lowest BCUT2D eigenvalue weighted by atomic mass is 10.1. The molecular formula is C18H19NO6S. The Morgan fingerprint density at radius 1 is 0.923 bits per heavy atom. The van der Waals surface area contributed by atoms with Crippen molar-refractivity contribution in [2.24, 2.45) is 0 Å². The standard InChI is InChI=1S/C18H19NO6S/c1-11-5-6-12(2)15(9-11)19-26(22,23)16-10-13(17(20)24-3)7-8-14(16)18(21)25-4/h5-10,19H,1-4H3. The van der Waals surface area contributed by atoms with Gasteiger partial charge in [0, 0.05) is 0 Å². The van der Waals surface area contributed by atoms with Crippen LogP contribution in [-0.4, -0.2) is 34.6 Å². The summed E-state index contributed by atoms with van der Waals surface area (Å²) < 4.78 is 37.5. The van der Waals surface area contributed by atoms with Crippen LogP contribution in [0.5, 0.6) is 0 Å². The van der Waals surface area contributed by atoms with E-state index in [2.05, 4.69) is 14.2 Å². The molecule has 0 bridgehead atoms. The second-order valence-electron chi connectivity index (χ2n) is 5.62. The van der Waals surface area contributed by atoms with Gasteiger partial charge in [-0.05, 0) is 49.2 Å². The molecular weight excluding hydrogens is 358 g/mol. The fourth-order valence-corrected chi connectivity index (χ4v) is 3.66. The van der Waals surface area contributed by atoms with Crippen LogP contribution in [-0.2, 0) is 19.5 Å². The zero-order chi connectivity index (χ0) is 19.5. The normalized spacial score (nSPS) is 10.9. The van der Waals surface area contributed by atoms with Crippen LogP contribution in [0.2, 0.25) is 0 Å². The molecule has 2 aromatic carbocycles. The SMILES string of the molecule is COC(=O)c1ccc(C(=O)OC)c(S(=O)(=O)Nc2cc(C)ccc2C)c1. The first-order chi connectivity index (χ1) is 12.2. The second-order valence-corrected chi connectivity index (χ2v) is 7.27. The molecule has 0 fully saturated rings. The van der Waals surface area contributed by atoms with Crippen molar-refractivity contribution in [3.05, 3.63) is 58.7 Å². The van der Waals surface area contributed by atoms with Crippen LogP contribution in [0.1, 0.15) is 31.8 Å². The number of ether oxygens (including phenoxy) is 2. The molecule has 8 heteroatoms. The minimum Gasteiger partial charge on any atom is -0.465 e. The Hall–Kier alpha value is -2.87. The number of aryl methyl sites for hydroxylation is 2. The fourth-order valence-electron chi connectivity index (χ4n) is 2.31. The highest BCUT2D eigenvalue weighted by Crippen LogP contribution is 2.25. The summed E-state index contributed by atoms with van der Waals surface area (Å²) in [4.78, 5) is 23.4. The Balaban J connectivity index is 2.60. The monoisotopic (exact) mass is 377 g/mol. The summed E-state index contributed by atoms with van der Waals surface area (Å²) in [5.74, 6) is -1.55. The second kappa shape index (κ2) is 7.57. The highest BCUT2D eigenvalue weighted by atomic mass is 32.2. The average molecular weight is 377 g/mol. The van der Waals surface area contributed by atoms with Crippen LogP contribution in [0.15, 0.2) is 41.3 Å². The van der Waals surface area contributed by atoms with Crippen molar-refractivity contribution in [2.75, 3.05) is 18.9 Å². The Kier molecular flexibility index (Phi) is 5.66. The van der Waals surface area contributed by atoms with E-state index in [1.165, 1.54) is 19.2 Å². The number of esters is 2. The number of methoxy groups -OCH3 is 2. The van der Waals surface area contributed by atoms with Crippen molar-refractivity contribution >= 4 is 27.6 Å². The molecule has 0 saturated heterocycles. The van der Waals surface area contributed by atoms with Crippen molar-refractivity contribution in [1.82, 2.24) is 0 Å². The number of rotatable bonds is 5. The van der Waals surface area contributed by atoms with Gasteiger partial charge in [-0.2, -0.15) is 0 Å². The summed E-state index contributed by atoms with van der Waals surface area (Å²) in [7, 11) is -1.84. The first-order valence-corrected chi connectivity index (χ1v) is 9.08. The number of anilines is 1. The van der Waals surface area contributed by atoms with Crippen molar-refractivity contribution in [2.45, 2.75) is 18.7 Å². The van der Waals surface area contributed by atoms with Crippen molar-refractivity contribution in [1.29, 1.82) is 0 Å². The molecule has 2 aromatic rings. The molecule has 26 heavy (non-hydrogen) atoms. The largest absolute Gasteiger partial charge is 0.465 e. The summed E-state index contributed by atoms with van der Waals surface area (Å²) in [6, 6.07) is 8.91. The van der Waals surface area contributed by atoms with Crippen molar-refractivity contribution in [3.8, 4) is 0 Å². The molecule has 0 aromatic heterocycles. The van der Waals surface area contributed by atoms with E-state index in [9.17, 15) is 18.0 Å². The Morgan fingerprint density at radius 2 is 1.58 bits per heavy atom. The lowest BCUT2D eigenvalue weighted by Crippen LogP contribution is -2.19. The van der Waals surface area contributed by atoms with Crippen LogP contribution in [0.3, 0.4) is 0 Å². The van der Waals surface area contributed by atoms with Crippen LogP contribution < -0.4 is 4.72 Å². The average Bonchev–Trinajstić information content (AvgIpc) is 2.62. The molecule has 0 radical (unpaired) electrons. The van der Waals surface area contributed by atoms with E-state index in [1.807, 2.05) is 13.0 Å². The van der Waals surface area contributed by atoms with Gasteiger partial charge in [0.2, 0.25) is 0 Å². The van der Waals surface area contributed by atoms with E-state index in [-0.39, 0.29) is 16.0 Å². The molecule has 0 aliphatic heterocycles. The molecule has 0 spiro atoms. The number of carbonyl (C=O) groups excluding carboxylic acids is 2. The van der Waals surface area contributed by atoms with Gasteiger partial charge >= 0.3 is 11.9 Å². The van der Waals surface area contributed by atoms with Crippen LogP contribution in [0, 0.1) is 13.8 Å². The quantitative estimate of drug-likeness (QED) is 0.805. The van der Waals surface area contributed by atoms with Crippen LogP contribution in [0.25, 0.3) is 0 Å². The summed E-state index contributed by atoms with van der Waals surface area (Å²) in [5.41, 5.74) is 1.77. The summed E-state index contributed by atoms with van der Waals surface area (Å²) in [6.45, 7) is 3.58. The molecule has 0 saturated carbocycles. The first kappa shape index (κ1) is 19.5. The van der Waals surface area contributed by atoms with E-state index in [1.54, 1.807) is 19.1 Å². The molecule has 0 unspecified atom stereocenters.